The first-order valence-electron chi connectivity index (χ1n) is 6.23. The fraction of sp³-hybridized carbons (Fsp3) is 0.312. The van der Waals surface area contributed by atoms with Crippen molar-refractivity contribution in [1.82, 2.24) is 0 Å². The zero-order valence-electron chi connectivity index (χ0n) is 10.3. The van der Waals surface area contributed by atoms with Gasteiger partial charge in [0.05, 0.1) is 10.0 Å². The van der Waals surface area contributed by atoms with Crippen LogP contribution in [-0.2, 0) is 11.2 Å². The predicted octanol–water partition coefficient (Wildman–Crippen LogP) is 4.31. The van der Waals surface area contributed by atoms with E-state index in [0.717, 1.165) is 29.5 Å². The summed E-state index contributed by atoms with van der Waals surface area (Å²) in [5, 5.41) is 1.06. The SMILES string of the molecule is C#CCC12CCC(=O)C=C1c1c(ccc(Cl)c1Cl)C2. The van der Waals surface area contributed by atoms with Crippen molar-refractivity contribution in [2.45, 2.75) is 25.7 Å². The highest BCUT2D eigenvalue weighted by molar-refractivity contribution is 6.43. The summed E-state index contributed by atoms with van der Waals surface area (Å²) >= 11 is 12.4. The van der Waals surface area contributed by atoms with Crippen LogP contribution in [0.15, 0.2) is 18.2 Å². The molecule has 0 saturated carbocycles. The molecule has 2 aliphatic carbocycles. The number of hydrogen-bond acceptors (Lipinski definition) is 1. The van der Waals surface area contributed by atoms with Gasteiger partial charge in [0, 0.05) is 23.8 Å². The Morgan fingerprint density at radius 2 is 2.16 bits per heavy atom. The molecule has 1 unspecified atom stereocenters. The first kappa shape index (κ1) is 12.8. The van der Waals surface area contributed by atoms with Gasteiger partial charge in [-0.25, -0.2) is 0 Å². The van der Waals surface area contributed by atoms with Gasteiger partial charge in [-0.3, -0.25) is 4.79 Å². The van der Waals surface area contributed by atoms with E-state index in [0.29, 0.717) is 22.9 Å². The van der Waals surface area contributed by atoms with Crippen LogP contribution in [0.2, 0.25) is 10.0 Å². The Kier molecular flexibility index (Phi) is 2.96. The second kappa shape index (κ2) is 4.40. The van der Waals surface area contributed by atoms with Gasteiger partial charge < -0.3 is 0 Å². The van der Waals surface area contributed by atoms with Gasteiger partial charge in [-0.2, -0.15) is 0 Å². The Morgan fingerprint density at radius 3 is 2.89 bits per heavy atom. The molecule has 0 spiro atoms. The summed E-state index contributed by atoms with van der Waals surface area (Å²) in [6.45, 7) is 0. The molecular formula is C16H12Cl2O. The summed E-state index contributed by atoms with van der Waals surface area (Å²) in [5.41, 5.74) is 2.94. The normalized spacial score (nSPS) is 24.5. The third kappa shape index (κ3) is 1.83. The standard InChI is InChI=1S/C16H12Cl2O/c1-2-6-16-7-5-11(19)8-12(16)14-10(9-16)3-4-13(17)15(14)18/h1,3-4,8H,5-7,9H2. The van der Waals surface area contributed by atoms with E-state index in [2.05, 4.69) is 5.92 Å². The second-order valence-corrected chi connectivity index (χ2v) is 6.04. The highest BCUT2D eigenvalue weighted by Gasteiger charge is 2.44. The Hall–Kier alpha value is -1.23. The molecule has 0 fully saturated rings. The maximum absolute atomic E-state index is 11.8. The van der Waals surface area contributed by atoms with Gasteiger partial charge in [0.25, 0.3) is 0 Å². The average molecular weight is 291 g/mol. The van der Waals surface area contributed by atoms with Crippen molar-refractivity contribution in [3.05, 3.63) is 39.4 Å². The molecule has 0 aromatic heterocycles. The third-order valence-electron chi connectivity index (χ3n) is 4.15. The molecule has 0 saturated heterocycles. The molecule has 1 aromatic carbocycles. The predicted molar refractivity (Wildman–Crippen MR) is 78.3 cm³/mol. The minimum Gasteiger partial charge on any atom is -0.295 e. The molecule has 2 aliphatic rings. The van der Waals surface area contributed by atoms with E-state index in [-0.39, 0.29) is 11.2 Å². The number of carbonyl (C=O) groups excluding carboxylic acids is 1. The number of rotatable bonds is 1. The second-order valence-electron chi connectivity index (χ2n) is 5.26. The number of allylic oxidation sites excluding steroid dienone is 2. The number of benzene rings is 1. The summed E-state index contributed by atoms with van der Waals surface area (Å²) in [6.07, 6.45) is 10.1. The summed E-state index contributed by atoms with van der Waals surface area (Å²) < 4.78 is 0. The maximum Gasteiger partial charge on any atom is 0.156 e. The Bertz CT molecular complexity index is 651. The summed E-state index contributed by atoms with van der Waals surface area (Å²) in [7, 11) is 0. The number of fused-ring (bicyclic) bond motifs is 3. The molecule has 1 aromatic rings. The maximum atomic E-state index is 11.8. The van der Waals surface area contributed by atoms with Crippen molar-refractivity contribution in [3.63, 3.8) is 0 Å². The number of terminal acetylenes is 1. The topological polar surface area (TPSA) is 17.1 Å². The largest absolute Gasteiger partial charge is 0.295 e. The molecule has 3 rings (SSSR count). The first-order chi connectivity index (χ1) is 9.07. The lowest BCUT2D eigenvalue weighted by Crippen LogP contribution is -2.25. The summed E-state index contributed by atoms with van der Waals surface area (Å²) in [5.74, 6) is 2.90. The molecule has 0 N–H and O–H groups in total. The monoisotopic (exact) mass is 290 g/mol. The van der Waals surface area contributed by atoms with Crippen molar-refractivity contribution >= 4 is 34.6 Å². The third-order valence-corrected chi connectivity index (χ3v) is 4.95. The molecule has 96 valence electrons. The van der Waals surface area contributed by atoms with E-state index in [1.165, 1.54) is 0 Å². The van der Waals surface area contributed by atoms with Crippen LogP contribution < -0.4 is 0 Å². The van der Waals surface area contributed by atoms with Crippen molar-refractivity contribution < 1.29 is 4.79 Å². The van der Waals surface area contributed by atoms with Gasteiger partial charge in [0.15, 0.2) is 5.78 Å². The van der Waals surface area contributed by atoms with E-state index >= 15 is 0 Å². The zero-order chi connectivity index (χ0) is 13.6. The van der Waals surface area contributed by atoms with E-state index in [4.69, 9.17) is 29.6 Å². The zero-order valence-corrected chi connectivity index (χ0v) is 11.8. The number of carbonyl (C=O) groups is 1. The number of hydrogen-bond donors (Lipinski definition) is 0. The lowest BCUT2D eigenvalue weighted by molar-refractivity contribution is -0.115. The first-order valence-corrected chi connectivity index (χ1v) is 6.99. The fourth-order valence-electron chi connectivity index (χ4n) is 3.24. The number of halogens is 2. The lowest BCUT2D eigenvalue weighted by atomic mass is 9.70. The molecular weight excluding hydrogens is 279 g/mol. The van der Waals surface area contributed by atoms with Crippen molar-refractivity contribution in [1.29, 1.82) is 0 Å². The quantitative estimate of drug-likeness (QED) is 0.705. The van der Waals surface area contributed by atoms with Gasteiger partial charge >= 0.3 is 0 Å². The smallest absolute Gasteiger partial charge is 0.156 e. The number of ketones is 1. The van der Waals surface area contributed by atoms with Crippen molar-refractivity contribution in [3.8, 4) is 12.3 Å². The van der Waals surface area contributed by atoms with E-state index in [1.54, 1.807) is 6.08 Å². The summed E-state index contributed by atoms with van der Waals surface area (Å²) in [4.78, 5) is 11.8. The fourth-order valence-corrected chi connectivity index (χ4v) is 3.68. The van der Waals surface area contributed by atoms with Crippen molar-refractivity contribution in [2.75, 3.05) is 0 Å². The van der Waals surface area contributed by atoms with Gasteiger partial charge in [-0.1, -0.05) is 29.3 Å². The van der Waals surface area contributed by atoms with Crippen LogP contribution in [-0.4, -0.2) is 5.78 Å². The Labute approximate surface area is 122 Å². The van der Waals surface area contributed by atoms with E-state index in [1.807, 2.05) is 12.1 Å². The minimum atomic E-state index is -0.126. The van der Waals surface area contributed by atoms with Crippen LogP contribution in [0.3, 0.4) is 0 Å². The molecule has 0 aliphatic heterocycles. The summed E-state index contributed by atoms with van der Waals surface area (Å²) in [6, 6.07) is 3.80. The van der Waals surface area contributed by atoms with Gasteiger partial charge in [-0.05, 0) is 36.1 Å². The molecule has 0 radical (unpaired) electrons. The molecule has 0 heterocycles. The van der Waals surface area contributed by atoms with Crippen LogP contribution >= 0.6 is 23.2 Å². The minimum absolute atomic E-state index is 0.126. The van der Waals surface area contributed by atoms with Crippen LogP contribution in [0.1, 0.15) is 30.4 Å². The highest BCUT2D eigenvalue weighted by Crippen LogP contribution is 2.56. The van der Waals surface area contributed by atoms with Gasteiger partial charge in [0.2, 0.25) is 0 Å². The highest BCUT2D eigenvalue weighted by atomic mass is 35.5. The van der Waals surface area contributed by atoms with Crippen LogP contribution in [0.25, 0.3) is 5.57 Å². The molecule has 1 nitrogen and oxygen atoms in total. The lowest BCUT2D eigenvalue weighted by Gasteiger charge is -2.32. The van der Waals surface area contributed by atoms with Crippen molar-refractivity contribution in [2.24, 2.45) is 5.41 Å². The van der Waals surface area contributed by atoms with E-state index in [9.17, 15) is 4.79 Å². The molecule has 3 heteroatoms. The van der Waals surface area contributed by atoms with Crippen LogP contribution in [0, 0.1) is 17.8 Å². The Balaban J connectivity index is 2.25. The Morgan fingerprint density at radius 1 is 1.37 bits per heavy atom. The van der Waals surface area contributed by atoms with Gasteiger partial charge in [-0.15, -0.1) is 12.3 Å². The molecule has 1 atom stereocenters. The van der Waals surface area contributed by atoms with Gasteiger partial charge in [0.1, 0.15) is 0 Å². The average Bonchev–Trinajstić information content (AvgIpc) is 2.69. The van der Waals surface area contributed by atoms with Crippen LogP contribution in [0.5, 0.6) is 0 Å². The van der Waals surface area contributed by atoms with E-state index < -0.39 is 0 Å². The molecule has 0 bridgehead atoms. The van der Waals surface area contributed by atoms with Crippen LogP contribution in [0.4, 0.5) is 0 Å². The molecule has 0 amide bonds. The molecule has 19 heavy (non-hydrogen) atoms.